The van der Waals surface area contributed by atoms with E-state index in [1.165, 1.54) is 0 Å². The number of carbonyl (C=O) groups is 2. The number of nitro groups is 1. The number of rotatable bonds is 6. The number of nitrogens with one attached hydrogen (secondary N) is 1. The van der Waals surface area contributed by atoms with E-state index in [1.54, 1.807) is 0 Å². The van der Waals surface area contributed by atoms with Gasteiger partial charge in [0.25, 0.3) is 5.69 Å². The van der Waals surface area contributed by atoms with E-state index in [-0.39, 0.29) is 23.8 Å². The van der Waals surface area contributed by atoms with Gasteiger partial charge in [0.2, 0.25) is 5.91 Å². The topological polar surface area (TPSA) is 114 Å². The van der Waals surface area contributed by atoms with Gasteiger partial charge in [-0.3, -0.25) is 14.9 Å². The van der Waals surface area contributed by atoms with E-state index < -0.39 is 10.9 Å². The molecule has 0 saturated heterocycles. The molecule has 1 heterocycles. The van der Waals surface area contributed by atoms with Crippen molar-refractivity contribution in [3.05, 3.63) is 28.1 Å². The summed E-state index contributed by atoms with van der Waals surface area (Å²) in [6, 6.07) is 0.941. The Bertz CT molecular complexity index is 532. The molecule has 2 rings (SSSR count). The van der Waals surface area contributed by atoms with Crippen LogP contribution < -0.4 is 5.32 Å². The number of carboxylic acids is 1. The monoisotopic (exact) mass is 267 g/mol. The highest BCUT2D eigenvalue weighted by Crippen LogP contribution is 2.27. The average Bonchev–Trinajstić information content (AvgIpc) is 3.06. The van der Waals surface area contributed by atoms with Gasteiger partial charge in [-0.2, -0.15) is 0 Å². The van der Waals surface area contributed by atoms with Crippen molar-refractivity contribution in [3.63, 3.8) is 0 Å². The predicted molar refractivity (Wildman–Crippen MR) is 63.8 cm³/mol. The first-order chi connectivity index (χ1) is 8.97. The molecule has 1 saturated carbocycles. The number of carboxylic acid groups (broad SMARTS) is 1. The number of aromatic nitrogens is 1. The van der Waals surface area contributed by atoms with Gasteiger partial charge in [-0.05, 0) is 18.8 Å². The molecule has 0 spiro atoms. The van der Waals surface area contributed by atoms with E-state index in [1.807, 2.05) is 0 Å². The van der Waals surface area contributed by atoms with Gasteiger partial charge in [-0.1, -0.05) is 0 Å². The van der Waals surface area contributed by atoms with Gasteiger partial charge < -0.3 is 15.0 Å². The summed E-state index contributed by atoms with van der Waals surface area (Å²) in [5.41, 5.74) is -0.610. The summed E-state index contributed by atoms with van der Waals surface area (Å²) in [6.07, 6.45) is 3.24. The number of hydrogen-bond acceptors (Lipinski definition) is 4. The molecule has 1 aliphatic carbocycles. The second kappa shape index (κ2) is 5.09. The zero-order valence-corrected chi connectivity index (χ0v) is 10.0. The first-order valence-corrected chi connectivity index (χ1v) is 5.82. The molecule has 0 atom stereocenters. The van der Waals surface area contributed by atoms with E-state index in [0.29, 0.717) is 12.5 Å². The molecule has 0 aromatic carbocycles. The minimum atomic E-state index is -1.30. The summed E-state index contributed by atoms with van der Waals surface area (Å²) < 4.78 is 1.07. The Hall–Kier alpha value is -2.38. The summed E-state index contributed by atoms with van der Waals surface area (Å²) in [5, 5.41) is 22.2. The quantitative estimate of drug-likeness (QED) is 0.579. The molecule has 8 nitrogen and oxygen atoms in total. The number of carbonyl (C=O) groups excluding carboxylic acids is 1. The van der Waals surface area contributed by atoms with Gasteiger partial charge in [-0.25, -0.2) is 4.79 Å². The standard InChI is InChI=1S/C11H13N3O5/c15-10(12-4-7-1-2-7)6-13-5-8(14(18)19)3-9(13)11(16)17/h3,5,7H,1-2,4,6H2,(H,12,15)(H,16,17). The molecule has 1 aliphatic rings. The number of nitrogens with zero attached hydrogens (tertiary/aromatic N) is 2. The minimum absolute atomic E-state index is 0.234. The molecule has 1 fully saturated rings. The largest absolute Gasteiger partial charge is 0.477 e. The van der Waals surface area contributed by atoms with Gasteiger partial charge in [0, 0.05) is 12.6 Å². The van der Waals surface area contributed by atoms with Crippen molar-refractivity contribution < 1.29 is 19.6 Å². The molecule has 0 aliphatic heterocycles. The summed E-state index contributed by atoms with van der Waals surface area (Å²) in [7, 11) is 0. The maximum atomic E-state index is 11.6. The summed E-state index contributed by atoms with van der Waals surface area (Å²) in [6.45, 7) is 0.340. The smallest absolute Gasteiger partial charge is 0.352 e. The fourth-order valence-electron chi connectivity index (χ4n) is 1.70. The third-order valence-corrected chi connectivity index (χ3v) is 2.91. The van der Waals surface area contributed by atoms with Gasteiger partial charge in [0.15, 0.2) is 0 Å². The molecular weight excluding hydrogens is 254 g/mol. The van der Waals surface area contributed by atoms with Crippen molar-refractivity contribution in [2.45, 2.75) is 19.4 Å². The first kappa shape index (κ1) is 13.1. The summed E-state index contributed by atoms with van der Waals surface area (Å²) >= 11 is 0. The Balaban J connectivity index is 2.06. The maximum absolute atomic E-state index is 11.6. The number of amides is 1. The van der Waals surface area contributed by atoms with Crippen LogP contribution in [0.5, 0.6) is 0 Å². The van der Waals surface area contributed by atoms with Crippen LogP contribution in [-0.4, -0.2) is 33.0 Å². The van der Waals surface area contributed by atoms with Gasteiger partial charge in [0.1, 0.15) is 12.2 Å². The molecule has 1 amide bonds. The van der Waals surface area contributed by atoms with E-state index in [4.69, 9.17) is 5.11 Å². The van der Waals surface area contributed by atoms with Crippen LogP contribution in [0.3, 0.4) is 0 Å². The molecule has 0 unspecified atom stereocenters. The highest BCUT2D eigenvalue weighted by Gasteiger charge is 2.23. The van der Waals surface area contributed by atoms with Gasteiger partial charge in [-0.15, -0.1) is 0 Å². The van der Waals surface area contributed by atoms with E-state index in [2.05, 4.69) is 5.32 Å². The first-order valence-electron chi connectivity index (χ1n) is 5.82. The second-order valence-electron chi connectivity index (χ2n) is 4.52. The summed E-state index contributed by atoms with van der Waals surface area (Å²) in [4.78, 5) is 32.5. The van der Waals surface area contributed by atoms with Crippen LogP contribution in [0.25, 0.3) is 0 Å². The Labute approximate surface area is 108 Å². The lowest BCUT2D eigenvalue weighted by Crippen LogP contribution is -2.30. The average molecular weight is 267 g/mol. The molecular formula is C11H13N3O5. The zero-order chi connectivity index (χ0) is 14.0. The molecule has 1 aromatic rings. The zero-order valence-electron chi connectivity index (χ0n) is 10.0. The number of aromatic carboxylic acids is 1. The van der Waals surface area contributed by atoms with Crippen LogP contribution >= 0.6 is 0 Å². The lowest BCUT2D eigenvalue weighted by molar-refractivity contribution is -0.384. The van der Waals surface area contributed by atoms with Crippen LogP contribution in [0.4, 0.5) is 5.69 Å². The number of hydrogen-bond donors (Lipinski definition) is 2. The molecule has 0 radical (unpaired) electrons. The van der Waals surface area contributed by atoms with Gasteiger partial charge in [0.05, 0.1) is 11.1 Å². The fraction of sp³-hybridized carbons (Fsp3) is 0.455. The van der Waals surface area contributed by atoms with Crippen molar-refractivity contribution >= 4 is 17.6 Å². The lowest BCUT2D eigenvalue weighted by atomic mass is 10.4. The van der Waals surface area contributed by atoms with E-state index in [0.717, 1.165) is 29.7 Å². The van der Waals surface area contributed by atoms with Crippen molar-refractivity contribution in [3.8, 4) is 0 Å². The van der Waals surface area contributed by atoms with Crippen LogP contribution in [0.2, 0.25) is 0 Å². The fourth-order valence-corrected chi connectivity index (χ4v) is 1.70. The molecule has 102 valence electrons. The highest BCUT2D eigenvalue weighted by atomic mass is 16.6. The maximum Gasteiger partial charge on any atom is 0.352 e. The molecule has 2 N–H and O–H groups in total. The minimum Gasteiger partial charge on any atom is -0.477 e. The van der Waals surface area contributed by atoms with Crippen molar-refractivity contribution in [2.75, 3.05) is 6.54 Å². The van der Waals surface area contributed by atoms with Crippen LogP contribution in [0.1, 0.15) is 23.3 Å². The normalized spacial score (nSPS) is 14.1. The van der Waals surface area contributed by atoms with Gasteiger partial charge >= 0.3 is 5.97 Å². The molecule has 8 heteroatoms. The van der Waals surface area contributed by atoms with Crippen LogP contribution in [-0.2, 0) is 11.3 Å². The lowest BCUT2D eigenvalue weighted by Gasteiger charge is -2.06. The second-order valence-corrected chi connectivity index (χ2v) is 4.52. The predicted octanol–water partition coefficient (Wildman–Crippen LogP) is 0.621. The van der Waals surface area contributed by atoms with Crippen molar-refractivity contribution in [2.24, 2.45) is 5.92 Å². The highest BCUT2D eigenvalue weighted by molar-refractivity contribution is 5.88. The SMILES string of the molecule is O=C(Cn1cc([N+](=O)[O-])cc1C(=O)O)NCC1CC1. The van der Waals surface area contributed by atoms with E-state index >= 15 is 0 Å². The third kappa shape index (κ3) is 3.30. The third-order valence-electron chi connectivity index (χ3n) is 2.91. The van der Waals surface area contributed by atoms with E-state index in [9.17, 15) is 19.7 Å². The van der Waals surface area contributed by atoms with Crippen LogP contribution in [0, 0.1) is 16.0 Å². The molecule has 0 bridgehead atoms. The molecule has 1 aromatic heterocycles. The summed E-state index contributed by atoms with van der Waals surface area (Å²) in [5.74, 6) is -1.13. The Morgan fingerprint density at radius 3 is 2.74 bits per heavy atom. The Morgan fingerprint density at radius 2 is 2.21 bits per heavy atom. The van der Waals surface area contributed by atoms with Crippen molar-refractivity contribution in [1.29, 1.82) is 0 Å². The Morgan fingerprint density at radius 1 is 1.53 bits per heavy atom. The Kier molecular flexibility index (Phi) is 3.50. The molecule has 19 heavy (non-hydrogen) atoms. The van der Waals surface area contributed by atoms with Crippen LogP contribution in [0.15, 0.2) is 12.3 Å². The van der Waals surface area contributed by atoms with Crippen molar-refractivity contribution in [1.82, 2.24) is 9.88 Å².